The van der Waals surface area contributed by atoms with Gasteiger partial charge in [0.25, 0.3) is 0 Å². The van der Waals surface area contributed by atoms with Gasteiger partial charge >= 0.3 is 29.6 Å². The van der Waals surface area contributed by atoms with Crippen LogP contribution in [0.3, 0.4) is 0 Å². The molecule has 0 aromatic carbocycles. The molecule has 0 amide bonds. The summed E-state index contributed by atoms with van der Waals surface area (Å²) in [6.07, 6.45) is 2.84. The van der Waals surface area contributed by atoms with Crippen LogP contribution in [0.15, 0.2) is 0 Å². The first-order chi connectivity index (χ1) is 4.56. The molecule has 11 heavy (non-hydrogen) atoms. The molecule has 0 spiro atoms. The van der Waals surface area contributed by atoms with Crippen LogP contribution in [0.1, 0.15) is 26.2 Å². The van der Waals surface area contributed by atoms with Crippen molar-refractivity contribution in [1.29, 1.82) is 0 Å². The Kier molecular flexibility index (Phi) is 10.6. The monoisotopic (exact) mass is 206 g/mol. The summed E-state index contributed by atoms with van der Waals surface area (Å²) >= 11 is 0. The predicted octanol–water partition coefficient (Wildman–Crippen LogP) is -1.63. The Balaban J connectivity index is 0. The van der Waals surface area contributed by atoms with Gasteiger partial charge in [-0.3, -0.25) is 0 Å². The summed E-state index contributed by atoms with van der Waals surface area (Å²) in [6.45, 7) is 2.02. The summed E-state index contributed by atoms with van der Waals surface area (Å²) in [7, 11) is -3.55. The third-order valence-corrected chi connectivity index (χ3v) is 3.09. The topological polar surface area (TPSA) is 57.2 Å². The second-order valence-electron chi connectivity index (χ2n) is 1.94. The molecule has 0 aliphatic rings. The molecule has 3 nitrogen and oxygen atoms in total. The van der Waals surface area contributed by atoms with E-state index < -0.39 is 9.15 Å². The fraction of sp³-hybridized carbons (Fsp3) is 1.00. The van der Waals surface area contributed by atoms with Crippen molar-refractivity contribution in [1.82, 2.24) is 0 Å². The van der Waals surface area contributed by atoms with E-state index in [1.807, 2.05) is 6.92 Å². The molecular formula is C5H11NaO3S2. The van der Waals surface area contributed by atoms with Crippen molar-refractivity contribution in [3.63, 3.8) is 0 Å². The molecule has 0 saturated carbocycles. The van der Waals surface area contributed by atoms with Gasteiger partial charge in [0.1, 0.15) is 9.15 Å². The number of rotatable bonds is 5. The van der Waals surface area contributed by atoms with Crippen LogP contribution in [0.5, 0.6) is 0 Å². The molecule has 0 unspecified atom stereocenters. The van der Waals surface area contributed by atoms with Crippen molar-refractivity contribution in [2.45, 2.75) is 26.2 Å². The van der Waals surface area contributed by atoms with E-state index in [-0.39, 0.29) is 29.6 Å². The van der Waals surface area contributed by atoms with E-state index in [9.17, 15) is 13.0 Å². The van der Waals surface area contributed by atoms with E-state index in [1.54, 1.807) is 0 Å². The van der Waals surface area contributed by atoms with Gasteiger partial charge in [-0.15, -0.1) is 0 Å². The van der Waals surface area contributed by atoms with Gasteiger partial charge in [0.05, 0.1) is 0 Å². The Bertz CT molecular complexity index is 167. The van der Waals surface area contributed by atoms with Crippen molar-refractivity contribution >= 4 is 19.9 Å². The molecule has 0 rings (SSSR count). The van der Waals surface area contributed by atoms with E-state index in [4.69, 9.17) is 0 Å². The van der Waals surface area contributed by atoms with Gasteiger partial charge in [-0.05, 0) is 17.2 Å². The van der Waals surface area contributed by atoms with E-state index in [0.717, 1.165) is 19.3 Å². The molecule has 0 aliphatic heterocycles. The summed E-state index contributed by atoms with van der Waals surface area (Å²) in [5.41, 5.74) is 0. The first kappa shape index (κ1) is 14.8. The quantitative estimate of drug-likeness (QED) is 0.235. The Morgan fingerprint density at radius 2 is 1.91 bits per heavy atom. The van der Waals surface area contributed by atoms with Crippen LogP contribution in [-0.2, 0) is 9.15 Å². The predicted molar refractivity (Wildman–Crippen MR) is 41.7 cm³/mol. The average molecular weight is 206 g/mol. The minimum absolute atomic E-state index is 0. The fourth-order valence-electron chi connectivity index (χ4n) is 0.513. The maximum absolute atomic E-state index is 10.0. The van der Waals surface area contributed by atoms with E-state index in [2.05, 4.69) is 0 Å². The third kappa shape index (κ3) is 14.2. The van der Waals surface area contributed by atoms with Gasteiger partial charge in [0.15, 0.2) is 0 Å². The molecule has 0 radical (unpaired) electrons. The largest absolute Gasteiger partial charge is 1.00 e. The Hall–Kier alpha value is 1.26. The molecule has 6 heteroatoms. The summed E-state index contributed by atoms with van der Waals surface area (Å²) < 4.78 is 30.0. The molecule has 0 heterocycles. The smallest absolute Gasteiger partial charge is 0.739 e. The maximum Gasteiger partial charge on any atom is 1.00 e. The molecule has 62 valence electrons. The Labute approximate surface area is 93.8 Å². The molecule has 0 fully saturated rings. The maximum atomic E-state index is 10.0. The summed E-state index contributed by atoms with van der Waals surface area (Å²) in [5, 5.41) is 0. The van der Waals surface area contributed by atoms with Gasteiger partial charge in [0.2, 0.25) is 0 Å². The van der Waals surface area contributed by atoms with Crippen LogP contribution < -0.4 is 29.6 Å². The first-order valence-electron chi connectivity index (χ1n) is 3.16. The molecule has 0 N–H and O–H groups in total. The van der Waals surface area contributed by atoms with Crippen molar-refractivity contribution in [2.24, 2.45) is 0 Å². The van der Waals surface area contributed by atoms with Crippen LogP contribution in [0.25, 0.3) is 0 Å². The van der Waals surface area contributed by atoms with Gasteiger partial charge in [-0.25, -0.2) is 8.42 Å². The summed E-state index contributed by atoms with van der Waals surface area (Å²) in [4.78, 5) is 0. The van der Waals surface area contributed by atoms with Crippen LogP contribution in [0.2, 0.25) is 0 Å². The second-order valence-corrected chi connectivity index (χ2v) is 5.33. The number of unbranched alkanes of at least 4 members (excludes halogenated alkanes) is 2. The Morgan fingerprint density at radius 1 is 1.36 bits per heavy atom. The van der Waals surface area contributed by atoms with Crippen molar-refractivity contribution in [2.75, 3.05) is 5.75 Å². The standard InChI is InChI=1S/C5H12O3S2.Na/c1-2-3-4-5-9-10(6,7)8;/h2-5H2,1H3,(H,6,7,8);/q;+1/p-1. The molecule has 0 saturated heterocycles. The zero-order valence-electron chi connectivity index (χ0n) is 6.87. The molecular weight excluding hydrogens is 195 g/mol. The molecule has 0 atom stereocenters. The summed E-state index contributed by atoms with van der Waals surface area (Å²) in [6, 6.07) is 0. The van der Waals surface area contributed by atoms with E-state index in [0.29, 0.717) is 16.5 Å². The zero-order valence-corrected chi connectivity index (χ0v) is 10.5. The van der Waals surface area contributed by atoms with E-state index >= 15 is 0 Å². The fourth-order valence-corrected chi connectivity index (χ4v) is 2.01. The van der Waals surface area contributed by atoms with Gasteiger partial charge in [-0.1, -0.05) is 19.8 Å². The van der Waals surface area contributed by atoms with Crippen LogP contribution >= 0.6 is 10.8 Å². The van der Waals surface area contributed by atoms with Crippen molar-refractivity contribution < 1.29 is 42.5 Å². The Morgan fingerprint density at radius 3 is 2.27 bits per heavy atom. The van der Waals surface area contributed by atoms with Gasteiger partial charge < -0.3 is 4.55 Å². The van der Waals surface area contributed by atoms with Gasteiger partial charge in [0, 0.05) is 5.75 Å². The minimum Gasteiger partial charge on any atom is -0.739 e. The summed E-state index contributed by atoms with van der Waals surface area (Å²) in [5.74, 6) is 0.430. The van der Waals surface area contributed by atoms with Crippen LogP contribution in [0.4, 0.5) is 0 Å². The first-order valence-corrected chi connectivity index (χ1v) is 6.07. The normalized spacial score (nSPS) is 10.7. The van der Waals surface area contributed by atoms with Crippen molar-refractivity contribution in [3.05, 3.63) is 0 Å². The molecule has 0 aromatic rings. The second kappa shape index (κ2) is 7.89. The molecule has 0 bridgehead atoms. The SMILES string of the molecule is CCCCCSS(=O)(=O)[O-].[Na+]. The van der Waals surface area contributed by atoms with Crippen LogP contribution in [-0.4, -0.2) is 18.7 Å². The van der Waals surface area contributed by atoms with Crippen molar-refractivity contribution in [3.8, 4) is 0 Å². The molecule has 0 aliphatic carbocycles. The number of hydrogen-bond donors (Lipinski definition) is 0. The number of hydrogen-bond acceptors (Lipinski definition) is 4. The average Bonchev–Trinajstić information content (AvgIpc) is 1.78. The third-order valence-electron chi connectivity index (χ3n) is 0.976. The van der Waals surface area contributed by atoms with Crippen LogP contribution in [0, 0.1) is 0 Å². The zero-order chi connectivity index (χ0) is 8.04. The van der Waals surface area contributed by atoms with E-state index in [1.165, 1.54) is 0 Å². The minimum atomic E-state index is -4.04. The van der Waals surface area contributed by atoms with Gasteiger partial charge in [-0.2, -0.15) is 0 Å². The molecule has 0 aromatic heterocycles.